The van der Waals surface area contributed by atoms with E-state index in [-0.39, 0.29) is 0 Å². The highest BCUT2D eigenvalue weighted by molar-refractivity contribution is 7.18. The molecule has 0 heterocycles. The molecule has 29 heavy (non-hydrogen) atoms. The maximum absolute atomic E-state index is 10.4. The molecule has 166 valence electrons. The Morgan fingerprint density at radius 2 is 1.79 bits per heavy atom. The lowest BCUT2D eigenvalue weighted by molar-refractivity contribution is 0.0403. The summed E-state index contributed by atoms with van der Waals surface area (Å²) < 4.78 is 0. The van der Waals surface area contributed by atoms with Crippen molar-refractivity contribution in [2.45, 2.75) is 116 Å². The average molecular weight is 421 g/mol. The number of rotatable bonds is 13. The van der Waals surface area contributed by atoms with Gasteiger partial charge in [0.15, 0.2) is 0 Å². The molecule has 1 aliphatic carbocycles. The molecule has 1 aliphatic rings. The molecule has 1 rings (SSSR count). The van der Waals surface area contributed by atoms with E-state index in [1.54, 1.807) is 0 Å². The molecule has 0 fully saturated rings. The van der Waals surface area contributed by atoms with Crippen LogP contribution in [0.3, 0.4) is 0 Å². The molecule has 0 aromatic carbocycles. The molecule has 0 amide bonds. The van der Waals surface area contributed by atoms with Gasteiger partial charge in [-0.25, -0.2) is 0 Å². The van der Waals surface area contributed by atoms with Gasteiger partial charge >= 0.3 is 0 Å². The number of aliphatic hydroxyl groups is 2. The quantitative estimate of drug-likeness (QED) is 0.190. The summed E-state index contributed by atoms with van der Waals surface area (Å²) in [7, 11) is 2.92. The largest absolute Gasteiger partial charge is 0.390 e. The monoisotopic (exact) mass is 420 g/mol. The molecular formula is C26H45O2P. The van der Waals surface area contributed by atoms with E-state index in [1.807, 2.05) is 19.9 Å². The molecular weight excluding hydrogens is 375 g/mol. The maximum atomic E-state index is 10.4. The van der Waals surface area contributed by atoms with Gasteiger partial charge in [-0.2, -0.15) is 0 Å². The molecule has 0 aromatic heterocycles. The van der Waals surface area contributed by atoms with Crippen molar-refractivity contribution in [3.05, 3.63) is 46.6 Å². The van der Waals surface area contributed by atoms with Gasteiger partial charge in [-0.05, 0) is 78.2 Å². The predicted octanol–water partition coefficient (Wildman–Crippen LogP) is 7.04. The van der Waals surface area contributed by atoms with Crippen molar-refractivity contribution in [3.8, 4) is 0 Å². The molecule has 0 aliphatic heterocycles. The third kappa shape index (κ3) is 10.3. The molecule has 4 unspecified atom stereocenters. The van der Waals surface area contributed by atoms with E-state index in [0.717, 1.165) is 56.9 Å². The number of allylic oxidation sites excluding steroid dienone is 6. The van der Waals surface area contributed by atoms with Crippen LogP contribution >= 0.6 is 9.24 Å². The van der Waals surface area contributed by atoms with Crippen LogP contribution in [-0.4, -0.2) is 27.6 Å². The lowest BCUT2D eigenvalue weighted by Crippen LogP contribution is -2.23. The minimum absolute atomic E-state index is 0.371. The Labute approximate surface area is 182 Å². The molecule has 2 N–H and O–H groups in total. The van der Waals surface area contributed by atoms with Gasteiger partial charge in [0.1, 0.15) is 0 Å². The second-order valence-corrected chi connectivity index (χ2v) is 9.79. The van der Waals surface area contributed by atoms with Gasteiger partial charge in [0, 0.05) is 5.66 Å². The fourth-order valence-electron chi connectivity index (χ4n) is 3.84. The van der Waals surface area contributed by atoms with E-state index in [0.29, 0.717) is 5.66 Å². The fourth-order valence-corrected chi connectivity index (χ4v) is 4.38. The fraction of sp³-hybridized carbons (Fsp3) is 0.692. The van der Waals surface area contributed by atoms with Crippen molar-refractivity contribution in [1.29, 1.82) is 0 Å². The minimum Gasteiger partial charge on any atom is -0.390 e. The highest BCUT2D eigenvalue weighted by atomic mass is 31.0. The standard InChI is InChI=1S/C26H45O2P/c1-6-7-12-17-26(5,28)18-13-15-20(2)14-10-8-9-11-16-23-19-24(27)21(3)22(4)25(23)29/h8-9,15,19,24-25,27-28H,6-7,10-14,16-18,29H2,1-5H3/b9-8-,20-15+. The lowest BCUT2D eigenvalue weighted by Gasteiger charge is -2.26. The summed E-state index contributed by atoms with van der Waals surface area (Å²) in [6.07, 6.45) is 18.9. The first kappa shape index (κ1) is 26.3. The normalized spacial score (nSPS) is 22.9. The van der Waals surface area contributed by atoms with Gasteiger partial charge in [-0.15, -0.1) is 9.24 Å². The van der Waals surface area contributed by atoms with Crippen LogP contribution in [-0.2, 0) is 0 Å². The summed E-state index contributed by atoms with van der Waals surface area (Å²) in [6.45, 7) is 10.5. The predicted molar refractivity (Wildman–Crippen MR) is 131 cm³/mol. The van der Waals surface area contributed by atoms with Gasteiger partial charge in [0.25, 0.3) is 0 Å². The van der Waals surface area contributed by atoms with Gasteiger partial charge in [-0.1, -0.05) is 67.2 Å². The molecule has 2 nitrogen and oxygen atoms in total. The smallest absolute Gasteiger partial charge is 0.0934 e. The van der Waals surface area contributed by atoms with Crippen molar-refractivity contribution in [3.63, 3.8) is 0 Å². The van der Waals surface area contributed by atoms with Crippen LogP contribution in [0.1, 0.15) is 98.8 Å². The third-order valence-electron chi connectivity index (χ3n) is 6.27. The second-order valence-electron chi connectivity index (χ2n) is 9.12. The molecule has 3 heteroatoms. The molecule has 0 saturated heterocycles. The van der Waals surface area contributed by atoms with Crippen LogP contribution in [0.2, 0.25) is 0 Å². The first-order valence-corrected chi connectivity index (χ1v) is 12.2. The zero-order valence-corrected chi connectivity index (χ0v) is 20.7. The molecule has 0 spiro atoms. The molecule has 0 aromatic rings. The van der Waals surface area contributed by atoms with E-state index < -0.39 is 11.7 Å². The third-order valence-corrected chi connectivity index (χ3v) is 7.20. The SMILES string of the molecule is CCCCCC(C)(O)CC/C=C(\C)CC/C=C\CCC1=CC(O)C(C)=C(C)C1P. The number of hydrogen-bond acceptors (Lipinski definition) is 2. The topological polar surface area (TPSA) is 40.5 Å². The zero-order chi connectivity index (χ0) is 21.9. The first-order chi connectivity index (χ1) is 13.7. The summed E-state index contributed by atoms with van der Waals surface area (Å²) in [4.78, 5) is 0. The molecule has 4 atom stereocenters. The van der Waals surface area contributed by atoms with Crippen LogP contribution in [0.4, 0.5) is 0 Å². The summed E-state index contributed by atoms with van der Waals surface area (Å²) in [5, 5.41) is 20.6. The number of unbranched alkanes of at least 4 members (excludes halogenated alkanes) is 2. The second kappa shape index (κ2) is 13.6. The highest BCUT2D eigenvalue weighted by Gasteiger charge is 2.21. The Hall–Kier alpha value is -0.690. The van der Waals surface area contributed by atoms with Crippen LogP contribution in [0.15, 0.2) is 46.6 Å². The number of hydrogen-bond donors (Lipinski definition) is 2. The van der Waals surface area contributed by atoms with Gasteiger partial charge in [-0.3, -0.25) is 0 Å². The van der Waals surface area contributed by atoms with E-state index in [1.165, 1.54) is 29.6 Å². The Bertz CT molecular complexity index is 610. The van der Waals surface area contributed by atoms with Crippen LogP contribution < -0.4 is 0 Å². The van der Waals surface area contributed by atoms with Crippen molar-refractivity contribution in [1.82, 2.24) is 0 Å². The van der Waals surface area contributed by atoms with E-state index >= 15 is 0 Å². The summed E-state index contributed by atoms with van der Waals surface area (Å²) >= 11 is 0. The minimum atomic E-state index is -0.519. The lowest BCUT2D eigenvalue weighted by atomic mass is 9.89. The van der Waals surface area contributed by atoms with E-state index in [2.05, 4.69) is 48.2 Å². The first-order valence-electron chi connectivity index (χ1n) is 11.5. The summed E-state index contributed by atoms with van der Waals surface area (Å²) in [6, 6.07) is 0. The van der Waals surface area contributed by atoms with E-state index in [9.17, 15) is 10.2 Å². The van der Waals surface area contributed by atoms with Crippen LogP contribution in [0, 0.1) is 0 Å². The van der Waals surface area contributed by atoms with Gasteiger partial charge in [0.2, 0.25) is 0 Å². The molecule has 0 saturated carbocycles. The molecule has 0 radical (unpaired) electrons. The Balaban J connectivity index is 2.25. The van der Waals surface area contributed by atoms with Crippen LogP contribution in [0.5, 0.6) is 0 Å². The maximum Gasteiger partial charge on any atom is 0.0934 e. The molecule has 0 bridgehead atoms. The Morgan fingerprint density at radius 1 is 1.10 bits per heavy atom. The zero-order valence-electron chi connectivity index (χ0n) is 19.5. The van der Waals surface area contributed by atoms with Crippen molar-refractivity contribution in [2.24, 2.45) is 0 Å². The summed E-state index contributed by atoms with van der Waals surface area (Å²) in [5.74, 6) is 0. The van der Waals surface area contributed by atoms with Gasteiger partial charge < -0.3 is 10.2 Å². The summed E-state index contributed by atoms with van der Waals surface area (Å²) in [5.41, 5.74) is 4.98. The Morgan fingerprint density at radius 3 is 2.48 bits per heavy atom. The number of aliphatic hydroxyl groups excluding tert-OH is 1. The van der Waals surface area contributed by atoms with Crippen molar-refractivity contribution in [2.75, 3.05) is 0 Å². The van der Waals surface area contributed by atoms with Crippen molar-refractivity contribution >= 4 is 9.24 Å². The van der Waals surface area contributed by atoms with E-state index in [4.69, 9.17) is 0 Å². The van der Waals surface area contributed by atoms with Crippen LogP contribution in [0.25, 0.3) is 0 Å². The Kier molecular flexibility index (Phi) is 12.3. The average Bonchev–Trinajstić information content (AvgIpc) is 2.66. The van der Waals surface area contributed by atoms with Crippen molar-refractivity contribution < 1.29 is 10.2 Å². The van der Waals surface area contributed by atoms with Gasteiger partial charge in [0.05, 0.1) is 11.7 Å². The highest BCUT2D eigenvalue weighted by Crippen LogP contribution is 2.33.